The molecule has 4 aromatic carbocycles. The van der Waals surface area contributed by atoms with Gasteiger partial charge in [0.15, 0.2) is 0 Å². The van der Waals surface area contributed by atoms with Crippen molar-refractivity contribution in [2.75, 3.05) is 0 Å². The van der Waals surface area contributed by atoms with Crippen molar-refractivity contribution in [1.82, 2.24) is 9.97 Å². The van der Waals surface area contributed by atoms with Crippen molar-refractivity contribution < 1.29 is 22.8 Å². The van der Waals surface area contributed by atoms with Crippen LogP contribution < -0.4 is 5.19 Å². The number of thiophene rings is 1. The van der Waals surface area contributed by atoms with Gasteiger partial charge < -0.3 is 9.97 Å². The van der Waals surface area contributed by atoms with Crippen molar-refractivity contribution in [1.29, 1.82) is 0 Å². The third-order valence-electron chi connectivity index (χ3n) is 9.66. The minimum Gasteiger partial charge on any atom is -0.305 e. The number of nitrogens with zero attached hydrogens (tertiary/aromatic N) is 2. The monoisotopic (exact) mass is 881 g/mol. The van der Waals surface area contributed by atoms with E-state index in [0.29, 0.717) is 0 Å². The molecule has 0 N–H and O–H groups in total. The fourth-order valence-corrected chi connectivity index (χ4v) is 9.79. The summed E-state index contributed by atoms with van der Waals surface area (Å²) in [5, 5.41) is 3.81. The number of pyridine rings is 2. The normalized spacial score (nSPS) is 14.9. The first-order valence-electron chi connectivity index (χ1n) is 18.8. The van der Waals surface area contributed by atoms with Gasteiger partial charge in [-0.3, -0.25) is 0 Å². The van der Waals surface area contributed by atoms with Crippen LogP contribution in [0.15, 0.2) is 116 Å². The molecule has 0 aliphatic heterocycles. The van der Waals surface area contributed by atoms with Crippen LogP contribution in [-0.4, -0.2) is 18.0 Å². The molecule has 5 heteroatoms. The van der Waals surface area contributed by atoms with Gasteiger partial charge in [0.1, 0.15) is 0 Å². The molecule has 51 heavy (non-hydrogen) atoms. The number of aromatic nitrogens is 2. The molecule has 1 fully saturated rings. The van der Waals surface area contributed by atoms with Gasteiger partial charge in [-0.2, -0.15) is 11.3 Å². The van der Waals surface area contributed by atoms with Gasteiger partial charge in [-0.15, -0.1) is 59.7 Å². The maximum Gasteiger partial charge on any atom is 0.0799 e. The molecule has 8 rings (SSSR count). The van der Waals surface area contributed by atoms with Gasteiger partial charge in [0.2, 0.25) is 0 Å². The van der Waals surface area contributed by atoms with Crippen LogP contribution >= 0.6 is 11.3 Å². The average Bonchev–Trinajstić information content (AvgIpc) is 3.53. The van der Waals surface area contributed by atoms with Gasteiger partial charge in [0.25, 0.3) is 0 Å². The second-order valence-corrected chi connectivity index (χ2v) is 20.6. The Kier molecular flexibility index (Phi) is 11.0. The maximum atomic E-state index is 9.04. The van der Waals surface area contributed by atoms with Crippen molar-refractivity contribution >= 4 is 44.8 Å². The van der Waals surface area contributed by atoms with E-state index in [-0.39, 0.29) is 20.1 Å². The van der Waals surface area contributed by atoms with E-state index in [4.69, 9.17) is 7.73 Å². The zero-order valence-corrected chi connectivity index (χ0v) is 34.4. The quantitative estimate of drug-likeness (QED) is 0.123. The third kappa shape index (κ3) is 8.34. The van der Waals surface area contributed by atoms with Crippen LogP contribution in [-0.2, 0) is 20.1 Å². The predicted octanol–water partition coefficient (Wildman–Crippen LogP) is 12.8. The predicted molar refractivity (Wildman–Crippen MR) is 218 cm³/mol. The molecule has 0 unspecified atom stereocenters. The van der Waals surface area contributed by atoms with Crippen LogP contribution in [0.2, 0.25) is 19.6 Å². The Labute approximate surface area is 325 Å². The molecule has 2 nitrogen and oxygen atoms in total. The van der Waals surface area contributed by atoms with Gasteiger partial charge in [-0.1, -0.05) is 124 Å². The van der Waals surface area contributed by atoms with E-state index in [1.807, 2.05) is 74.0 Å². The molecule has 0 saturated heterocycles. The number of benzene rings is 4. The molecule has 1 radical (unpaired) electrons. The molecule has 0 amide bonds. The van der Waals surface area contributed by atoms with Gasteiger partial charge in [-0.25, -0.2) is 0 Å². The van der Waals surface area contributed by atoms with E-state index in [1.54, 1.807) is 0 Å². The first-order chi connectivity index (χ1) is 24.9. The molecule has 0 atom stereocenters. The summed E-state index contributed by atoms with van der Waals surface area (Å²) in [6.07, 6.45) is 9.27. The van der Waals surface area contributed by atoms with Crippen LogP contribution in [0, 0.1) is 12.1 Å². The van der Waals surface area contributed by atoms with Crippen LogP contribution in [0.1, 0.15) is 71.6 Å². The molecule has 0 spiro atoms. The van der Waals surface area contributed by atoms with E-state index in [2.05, 4.69) is 103 Å². The molecule has 1 saturated carbocycles. The number of hydrogen-bond donors (Lipinski definition) is 0. The molecular weight excluding hydrogens is 833 g/mol. The topological polar surface area (TPSA) is 25.8 Å². The summed E-state index contributed by atoms with van der Waals surface area (Å²) >= 11 is 1.81. The summed E-state index contributed by atoms with van der Waals surface area (Å²) in [4.78, 5) is 9.32. The molecule has 1 aliphatic rings. The SMILES string of the molecule is [2H]C(C)(C)c1cc(-c2[c-]cccc2)ncc1[Si](C)(C)C.[2H]C1(c2ccnc(-c3[c-]ccc4c3sc3cc(-c5ccccc5)ccc34)c2)CCCCC1.[Ir]. The Hall–Kier alpha value is -3.73. The Morgan fingerprint density at radius 2 is 1.57 bits per heavy atom. The van der Waals surface area contributed by atoms with Gasteiger partial charge in [0.05, 0.1) is 8.07 Å². The summed E-state index contributed by atoms with van der Waals surface area (Å²) in [6.45, 7) is 10.8. The van der Waals surface area contributed by atoms with Crippen molar-refractivity contribution in [3.05, 3.63) is 139 Å². The Morgan fingerprint density at radius 3 is 2.29 bits per heavy atom. The summed E-state index contributed by atoms with van der Waals surface area (Å²) in [5.74, 6) is -1.09. The summed E-state index contributed by atoms with van der Waals surface area (Å²) in [6, 6.07) is 42.3. The van der Waals surface area contributed by atoms with Crippen molar-refractivity contribution in [3.8, 4) is 33.6 Å². The fraction of sp³-hybridized carbons (Fsp3) is 0.261. The average molecular weight is 881 g/mol. The van der Waals surface area contributed by atoms with E-state index in [0.717, 1.165) is 59.3 Å². The minimum atomic E-state index is -1.50. The van der Waals surface area contributed by atoms with Crippen molar-refractivity contribution in [2.45, 2.75) is 77.4 Å². The minimum absolute atomic E-state index is 0. The smallest absolute Gasteiger partial charge is 0.0799 e. The summed E-state index contributed by atoms with van der Waals surface area (Å²) in [7, 11) is -1.50. The Morgan fingerprint density at radius 1 is 0.784 bits per heavy atom. The Balaban J connectivity index is 0.000000199. The Bertz CT molecular complexity index is 2320. The molecular formula is C46H46IrN2SSi-2. The molecule has 0 bridgehead atoms. The molecule has 261 valence electrons. The van der Waals surface area contributed by atoms with E-state index in [9.17, 15) is 0 Å². The van der Waals surface area contributed by atoms with E-state index >= 15 is 0 Å². The second kappa shape index (κ2) is 16.3. The standard InChI is InChI=1S/C29H24NS.C17H22NSi.Ir/c1-3-8-20(9-4-1)22-14-15-24-25-12-7-13-26(29(25)31-28(24)19-22)27-18-23(16-17-30-27)21-10-5-2-6-11-21;1-13(2)15-11-16(14-9-7-6-8-10-14)18-12-17(15)19(3,4)5;/h1,3-4,7-9,12,14-19,21H,2,5-6,10-11H2;6-9,11-13H,1-5H3;/q2*-1;/i21D;13D;. The first kappa shape index (κ1) is 34.4. The van der Waals surface area contributed by atoms with Crippen LogP contribution in [0.5, 0.6) is 0 Å². The zero-order chi connectivity index (χ0) is 36.5. The zero-order valence-electron chi connectivity index (χ0n) is 32.1. The van der Waals surface area contributed by atoms with Crippen LogP contribution in [0.4, 0.5) is 0 Å². The molecule has 3 heterocycles. The van der Waals surface area contributed by atoms with Gasteiger partial charge >= 0.3 is 0 Å². The fourth-order valence-electron chi connectivity index (χ4n) is 6.96. The third-order valence-corrected chi connectivity index (χ3v) is 12.9. The van der Waals surface area contributed by atoms with Crippen molar-refractivity contribution in [2.24, 2.45) is 0 Å². The molecule has 1 aliphatic carbocycles. The van der Waals surface area contributed by atoms with Gasteiger partial charge in [-0.05, 0) is 74.5 Å². The summed E-state index contributed by atoms with van der Waals surface area (Å²) < 4.78 is 20.0. The number of fused-ring (bicyclic) bond motifs is 3. The number of rotatable bonds is 6. The van der Waals surface area contributed by atoms with Crippen molar-refractivity contribution in [3.63, 3.8) is 0 Å². The number of hydrogen-bond acceptors (Lipinski definition) is 3. The van der Waals surface area contributed by atoms with E-state index in [1.165, 1.54) is 42.9 Å². The largest absolute Gasteiger partial charge is 0.305 e. The molecule has 7 aromatic rings. The molecule has 3 aromatic heterocycles. The van der Waals surface area contributed by atoms with Crippen LogP contribution in [0.25, 0.3) is 53.8 Å². The second-order valence-electron chi connectivity index (χ2n) is 14.5. The van der Waals surface area contributed by atoms with Crippen LogP contribution in [0.3, 0.4) is 0 Å². The van der Waals surface area contributed by atoms with Gasteiger partial charge in [0, 0.05) is 39.9 Å². The maximum absolute atomic E-state index is 9.04. The summed E-state index contributed by atoms with van der Waals surface area (Å²) in [5.41, 5.74) is 8.54. The van der Waals surface area contributed by atoms with E-state index < -0.39 is 19.9 Å². The first-order valence-corrected chi connectivity index (χ1v) is 22.1.